The van der Waals surface area contributed by atoms with Crippen molar-refractivity contribution in [2.24, 2.45) is 5.92 Å². The molecule has 0 saturated carbocycles. The smallest absolute Gasteiger partial charge is 0.338 e. The summed E-state index contributed by atoms with van der Waals surface area (Å²) in [5, 5.41) is 3.01. The van der Waals surface area contributed by atoms with Gasteiger partial charge in [-0.2, -0.15) is 0 Å². The predicted molar refractivity (Wildman–Crippen MR) is 132 cm³/mol. The third kappa shape index (κ3) is 5.67. The molecule has 2 bridgehead atoms. The minimum Gasteiger partial charge on any atom is -0.465 e. The molecule has 4 atom stereocenters. The van der Waals surface area contributed by atoms with Crippen LogP contribution in [0.2, 0.25) is 0 Å². The van der Waals surface area contributed by atoms with Crippen LogP contribution < -0.4 is 5.32 Å². The van der Waals surface area contributed by atoms with Crippen LogP contribution in [0.25, 0.3) is 0 Å². The van der Waals surface area contributed by atoms with Gasteiger partial charge >= 0.3 is 11.9 Å². The molecule has 2 aromatic carbocycles. The number of alkyl halides is 1. The number of anilines is 1. The summed E-state index contributed by atoms with van der Waals surface area (Å²) in [6, 6.07) is 16.6. The Kier molecular flexibility index (Phi) is 8.00. The first-order valence-electron chi connectivity index (χ1n) is 11.6. The maximum absolute atomic E-state index is 13.2. The summed E-state index contributed by atoms with van der Waals surface area (Å²) in [6.07, 6.45) is 2.58. The van der Waals surface area contributed by atoms with Crippen molar-refractivity contribution in [3.8, 4) is 0 Å². The van der Waals surface area contributed by atoms with Gasteiger partial charge in [0, 0.05) is 30.6 Å². The number of fused-ring (bicyclic) bond motifs is 2. The maximum atomic E-state index is 13.2. The minimum atomic E-state index is -0.502. The van der Waals surface area contributed by atoms with Crippen molar-refractivity contribution in [2.75, 3.05) is 24.3 Å². The van der Waals surface area contributed by atoms with Crippen molar-refractivity contribution in [3.05, 3.63) is 65.7 Å². The van der Waals surface area contributed by atoms with Gasteiger partial charge in [0.05, 0.1) is 17.5 Å². The normalized spacial score (nSPS) is 23.8. The summed E-state index contributed by atoms with van der Waals surface area (Å²) in [6.45, 7) is 0.238. The van der Waals surface area contributed by atoms with Crippen LogP contribution in [0.15, 0.2) is 54.6 Å². The van der Waals surface area contributed by atoms with Crippen molar-refractivity contribution >= 4 is 39.5 Å². The predicted octanol–water partition coefficient (Wildman–Crippen LogP) is 3.81. The number of amides is 1. The van der Waals surface area contributed by atoms with Gasteiger partial charge in [0.25, 0.3) is 0 Å². The van der Waals surface area contributed by atoms with E-state index in [-0.39, 0.29) is 29.9 Å². The topological polar surface area (TPSA) is 84.9 Å². The quantitative estimate of drug-likeness (QED) is 0.414. The average Bonchev–Trinajstić information content (AvgIpc) is 3.08. The van der Waals surface area contributed by atoms with E-state index in [0.717, 1.165) is 18.4 Å². The third-order valence-corrected chi connectivity index (χ3v) is 7.26. The molecule has 8 heteroatoms. The highest BCUT2D eigenvalue weighted by molar-refractivity contribution is 9.09. The first-order chi connectivity index (χ1) is 16.5. The highest BCUT2D eigenvalue weighted by atomic mass is 79.9. The number of esters is 2. The van der Waals surface area contributed by atoms with Gasteiger partial charge in [-0.05, 0) is 49.7 Å². The molecule has 0 aliphatic carbocycles. The Labute approximate surface area is 207 Å². The molecule has 180 valence electrons. The molecule has 2 saturated heterocycles. The Morgan fingerprint density at radius 2 is 1.79 bits per heavy atom. The fourth-order valence-corrected chi connectivity index (χ4v) is 5.09. The highest BCUT2D eigenvalue weighted by Gasteiger charge is 2.51. The Hall–Kier alpha value is -2.71. The van der Waals surface area contributed by atoms with E-state index in [2.05, 4.69) is 26.1 Å². The van der Waals surface area contributed by atoms with E-state index in [9.17, 15) is 14.4 Å². The van der Waals surface area contributed by atoms with Gasteiger partial charge in [0.15, 0.2) is 0 Å². The Morgan fingerprint density at radius 1 is 1.06 bits per heavy atom. The van der Waals surface area contributed by atoms with E-state index < -0.39 is 18.0 Å². The largest absolute Gasteiger partial charge is 0.465 e. The van der Waals surface area contributed by atoms with Crippen molar-refractivity contribution in [2.45, 2.75) is 43.9 Å². The number of rotatable bonds is 8. The van der Waals surface area contributed by atoms with Crippen molar-refractivity contribution in [1.29, 1.82) is 0 Å². The molecule has 1 amide bonds. The number of benzene rings is 2. The lowest BCUT2D eigenvalue weighted by molar-refractivity contribution is -0.159. The Bertz CT molecular complexity index is 1010. The van der Waals surface area contributed by atoms with Crippen molar-refractivity contribution < 1.29 is 23.9 Å². The van der Waals surface area contributed by atoms with E-state index >= 15 is 0 Å². The standard InChI is InChI=1S/C26H29BrN2O5/c1-29-20-11-12-21(29)24(22(15-20)34-25(31)18-5-3-2-4-6-18)26(32)33-14-13-17-7-9-19(10-8-17)28-23(30)16-27/h2-10,20-22,24H,11-16H2,1H3,(H,28,30)/t20-,21?,22+,24?/m1/s1. The lowest BCUT2D eigenvalue weighted by Gasteiger charge is -2.40. The number of carbonyl (C=O) groups excluding carboxylic acids is 3. The molecule has 2 aromatic rings. The number of ether oxygens (including phenoxy) is 2. The van der Waals surface area contributed by atoms with E-state index in [0.29, 0.717) is 30.1 Å². The van der Waals surface area contributed by atoms with Gasteiger partial charge in [-0.1, -0.05) is 46.3 Å². The minimum absolute atomic E-state index is 0.0113. The van der Waals surface area contributed by atoms with Crippen LogP contribution in [0, 0.1) is 5.92 Å². The Morgan fingerprint density at radius 3 is 2.50 bits per heavy atom. The number of nitrogens with zero attached hydrogens (tertiary/aromatic N) is 1. The Balaban J connectivity index is 1.36. The van der Waals surface area contributed by atoms with E-state index in [1.165, 1.54) is 0 Å². The molecule has 0 radical (unpaired) electrons. The number of halogens is 1. The maximum Gasteiger partial charge on any atom is 0.338 e. The van der Waals surface area contributed by atoms with Crippen LogP contribution in [0.1, 0.15) is 35.2 Å². The number of hydrogen-bond acceptors (Lipinski definition) is 6. The highest BCUT2D eigenvalue weighted by Crippen LogP contribution is 2.40. The van der Waals surface area contributed by atoms with Gasteiger partial charge < -0.3 is 14.8 Å². The van der Waals surface area contributed by atoms with Crippen LogP contribution in [0.4, 0.5) is 5.69 Å². The van der Waals surface area contributed by atoms with Crippen LogP contribution in [-0.2, 0) is 25.5 Å². The van der Waals surface area contributed by atoms with E-state index in [1.54, 1.807) is 24.3 Å². The van der Waals surface area contributed by atoms with Gasteiger partial charge in [0.2, 0.25) is 5.91 Å². The van der Waals surface area contributed by atoms with Crippen LogP contribution in [0.3, 0.4) is 0 Å². The molecule has 2 fully saturated rings. The second kappa shape index (κ2) is 11.1. The van der Waals surface area contributed by atoms with Gasteiger partial charge in [-0.15, -0.1) is 0 Å². The summed E-state index contributed by atoms with van der Waals surface area (Å²) < 4.78 is 11.5. The monoisotopic (exact) mass is 528 g/mol. The number of hydrogen-bond donors (Lipinski definition) is 1. The van der Waals surface area contributed by atoms with Crippen molar-refractivity contribution in [1.82, 2.24) is 4.90 Å². The molecular weight excluding hydrogens is 500 g/mol. The second-order valence-electron chi connectivity index (χ2n) is 8.83. The lowest BCUT2D eigenvalue weighted by atomic mass is 9.87. The first kappa shape index (κ1) is 24.4. The van der Waals surface area contributed by atoms with Crippen LogP contribution in [-0.4, -0.2) is 59.9 Å². The van der Waals surface area contributed by atoms with Gasteiger partial charge in [-0.25, -0.2) is 4.79 Å². The molecule has 2 aliphatic rings. The summed E-state index contributed by atoms with van der Waals surface area (Å²) in [4.78, 5) is 39.6. The van der Waals surface area contributed by atoms with E-state index in [4.69, 9.17) is 9.47 Å². The number of carbonyl (C=O) groups is 3. The van der Waals surface area contributed by atoms with Crippen LogP contribution >= 0.6 is 15.9 Å². The molecular formula is C26H29BrN2O5. The van der Waals surface area contributed by atoms with Crippen molar-refractivity contribution in [3.63, 3.8) is 0 Å². The molecule has 1 N–H and O–H groups in total. The summed E-state index contributed by atoms with van der Waals surface area (Å²) in [5.74, 6) is -1.34. The lowest BCUT2D eigenvalue weighted by Crippen LogP contribution is -2.53. The fraction of sp³-hybridized carbons (Fsp3) is 0.423. The molecule has 7 nitrogen and oxygen atoms in total. The molecule has 4 rings (SSSR count). The molecule has 0 aromatic heterocycles. The van der Waals surface area contributed by atoms with Gasteiger partial charge in [-0.3, -0.25) is 14.5 Å². The molecule has 2 heterocycles. The first-order valence-corrected chi connectivity index (χ1v) is 12.7. The number of piperidine rings is 1. The van der Waals surface area contributed by atoms with E-state index in [1.807, 2.05) is 37.4 Å². The average molecular weight is 529 g/mol. The summed E-state index contributed by atoms with van der Waals surface area (Å²) >= 11 is 3.12. The van der Waals surface area contributed by atoms with Gasteiger partial charge in [0.1, 0.15) is 12.0 Å². The SMILES string of the molecule is CN1C2CC[C@@H]1C[C@H](OC(=O)c1ccccc1)C2C(=O)OCCc1ccc(NC(=O)CBr)cc1. The summed E-state index contributed by atoms with van der Waals surface area (Å²) in [7, 11) is 2.04. The second-order valence-corrected chi connectivity index (χ2v) is 9.39. The zero-order chi connectivity index (χ0) is 24.1. The molecule has 2 aliphatic heterocycles. The van der Waals surface area contributed by atoms with Crippen LogP contribution in [0.5, 0.6) is 0 Å². The summed E-state index contributed by atoms with van der Waals surface area (Å²) in [5.41, 5.74) is 2.20. The molecule has 2 unspecified atom stereocenters. The third-order valence-electron chi connectivity index (χ3n) is 6.75. The zero-order valence-corrected chi connectivity index (χ0v) is 20.7. The molecule has 0 spiro atoms. The fourth-order valence-electron chi connectivity index (χ4n) is 4.95. The number of nitrogens with one attached hydrogen (secondary N) is 1. The molecule has 34 heavy (non-hydrogen) atoms. The zero-order valence-electron chi connectivity index (χ0n) is 19.1.